The molecule has 0 radical (unpaired) electrons. The number of fused-ring (bicyclic) bond motifs is 1. The Kier molecular flexibility index (Phi) is 7.26. The fourth-order valence-electron chi connectivity index (χ4n) is 5.46. The fourth-order valence-corrected chi connectivity index (χ4v) is 5.46. The Morgan fingerprint density at radius 2 is 1.71 bits per heavy atom. The number of aromatic nitrogens is 4. The number of nitrogens with zero attached hydrogens (tertiary/aromatic N) is 4. The van der Waals surface area contributed by atoms with Crippen LogP contribution in [-0.4, -0.2) is 43.9 Å². The van der Waals surface area contributed by atoms with E-state index in [0.717, 1.165) is 42.7 Å². The number of hydrogen-bond acceptors (Lipinski definition) is 7. The molecule has 1 aliphatic rings. The van der Waals surface area contributed by atoms with E-state index >= 15 is 0 Å². The maximum atomic E-state index is 13.4. The highest BCUT2D eigenvalue weighted by Gasteiger charge is 2.26. The quantitative estimate of drug-likeness (QED) is 0.241. The number of ether oxygens (including phenoxy) is 1. The fraction of sp³-hybridized carbons (Fsp3) is 0.219. The Labute approximate surface area is 242 Å². The summed E-state index contributed by atoms with van der Waals surface area (Å²) in [5.41, 5.74) is 10.3. The molecule has 0 unspecified atom stereocenters. The van der Waals surface area contributed by atoms with E-state index < -0.39 is 5.91 Å². The Hall–Kier alpha value is -5.25. The minimum absolute atomic E-state index is 0.0191. The zero-order valence-electron chi connectivity index (χ0n) is 23.1. The summed E-state index contributed by atoms with van der Waals surface area (Å²) in [7, 11) is 1.61. The third-order valence-electron chi connectivity index (χ3n) is 7.66. The number of phenolic OH excluding ortho intramolecular Hbond substituents is 1. The van der Waals surface area contributed by atoms with Crippen molar-refractivity contribution in [1.82, 2.24) is 25.1 Å². The van der Waals surface area contributed by atoms with Crippen LogP contribution in [0.25, 0.3) is 33.5 Å². The largest absolute Gasteiger partial charge is 0.507 e. The van der Waals surface area contributed by atoms with Gasteiger partial charge in [-0.3, -0.25) is 4.79 Å². The number of carbonyl (C=O) groups is 2. The van der Waals surface area contributed by atoms with Gasteiger partial charge in [-0.1, -0.05) is 37.1 Å². The summed E-state index contributed by atoms with van der Waals surface area (Å²) in [4.78, 5) is 34.9. The Balaban J connectivity index is 1.37. The number of amides is 2. The summed E-state index contributed by atoms with van der Waals surface area (Å²) in [6.45, 7) is 0.319. The van der Waals surface area contributed by atoms with Crippen molar-refractivity contribution < 1.29 is 19.4 Å². The van der Waals surface area contributed by atoms with Crippen molar-refractivity contribution in [1.29, 1.82) is 0 Å². The van der Waals surface area contributed by atoms with Crippen LogP contribution < -0.4 is 15.8 Å². The summed E-state index contributed by atoms with van der Waals surface area (Å²) in [6.07, 6.45) is 4.07. The molecule has 10 nitrogen and oxygen atoms in total. The number of phenols is 1. The highest BCUT2D eigenvalue weighted by Crippen LogP contribution is 2.39. The van der Waals surface area contributed by atoms with Gasteiger partial charge in [-0.2, -0.15) is 9.78 Å². The van der Waals surface area contributed by atoms with Gasteiger partial charge in [-0.25, -0.2) is 14.8 Å². The molecule has 2 amide bonds. The second kappa shape index (κ2) is 11.3. The van der Waals surface area contributed by atoms with Crippen LogP contribution in [-0.2, 0) is 6.54 Å². The van der Waals surface area contributed by atoms with E-state index in [4.69, 9.17) is 10.5 Å². The normalized spacial score (nSPS) is 13.4. The molecule has 5 aromatic rings. The lowest BCUT2D eigenvalue weighted by Gasteiger charge is -2.12. The second-order valence-electron chi connectivity index (χ2n) is 10.4. The molecule has 10 heteroatoms. The summed E-state index contributed by atoms with van der Waals surface area (Å²) >= 11 is 0. The molecule has 1 aliphatic carbocycles. The van der Waals surface area contributed by atoms with Crippen LogP contribution >= 0.6 is 0 Å². The predicted molar refractivity (Wildman–Crippen MR) is 158 cm³/mol. The average Bonchev–Trinajstić information content (AvgIpc) is 3.70. The first-order chi connectivity index (χ1) is 20.4. The second-order valence-corrected chi connectivity index (χ2v) is 10.4. The smallest absolute Gasteiger partial charge is 0.342 e. The van der Waals surface area contributed by atoms with Gasteiger partial charge in [0.1, 0.15) is 17.2 Å². The van der Waals surface area contributed by atoms with Crippen molar-refractivity contribution in [2.75, 3.05) is 7.11 Å². The van der Waals surface area contributed by atoms with Crippen molar-refractivity contribution in [2.24, 2.45) is 5.73 Å². The maximum absolute atomic E-state index is 13.4. The number of benzene rings is 3. The van der Waals surface area contributed by atoms with Crippen molar-refractivity contribution in [3.63, 3.8) is 0 Å². The van der Waals surface area contributed by atoms with Crippen molar-refractivity contribution in [3.8, 4) is 34.0 Å². The lowest BCUT2D eigenvalue weighted by molar-refractivity contribution is 0.0996. The highest BCUT2D eigenvalue weighted by molar-refractivity contribution is 5.99. The van der Waals surface area contributed by atoms with E-state index in [1.807, 2.05) is 42.5 Å². The summed E-state index contributed by atoms with van der Waals surface area (Å²) in [5, 5.41) is 18.5. The minimum atomic E-state index is -0.709. The van der Waals surface area contributed by atoms with Gasteiger partial charge in [-0.15, -0.1) is 0 Å². The molecule has 3 aromatic carbocycles. The Bertz CT molecular complexity index is 1790. The summed E-state index contributed by atoms with van der Waals surface area (Å²) in [5.74, 6) is 0.190. The SMILES string of the molecule is COc1ccc(CNC(=O)n2nc(-c3cc(-c4nc5ccccc5nc4C(N)=O)ccc3O)cc2C2CCCC2)cc1. The lowest BCUT2D eigenvalue weighted by Crippen LogP contribution is -2.30. The first-order valence-corrected chi connectivity index (χ1v) is 13.8. The number of aromatic hydroxyl groups is 1. The number of nitrogens with one attached hydrogen (secondary N) is 1. The Morgan fingerprint density at radius 3 is 2.40 bits per heavy atom. The van der Waals surface area contributed by atoms with E-state index in [0.29, 0.717) is 40.1 Å². The number of rotatable bonds is 7. The first-order valence-electron chi connectivity index (χ1n) is 13.8. The number of methoxy groups -OCH3 is 1. The third-order valence-corrected chi connectivity index (χ3v) is 7.66. The van der Waals surface area contributed by atoms with Gasteiger partial charge in [0.2, 0.25) is 0 Å². The van der Waals surface area contributed by atoms with Gasteiger partial charge in [0.15, 0.2) is 5.69 Å². The van der Waals surface area contributed by atoms with Crippen molar-refractivity contribution in [2.45, 2.75) is 38.1 Å². The molecule has 0 spiro atoms. The molecule has 0 atom stereocenters. The Morgan fingerprint density at radius 1 is 1.00 bits per heavy atom. The molecule has 42 heavy (non-hydrogen) atoms. The van der Waals surface area contributed by atoms with Crippen LogP contribution in [0.4, 0.5) is 4.79 Å². The molecule has 1 saturated carbocycles. The molecular weight excluding hydrogens is 532 g/mol. The van der Waals surface area contributed by atoms with Gasteiger partial charge < -0.3 is 20.9 Å². The van der Waals surface area contributed by atoms with E-state index in [1.165, 1.54) is 10.7 Å². The van der Waals surface area contributed by atoms with Gasteiger partial charge in [-0.05, 0) is 66.9 Å². The van der Waals surface area contributed by atoms with E-state index in [-0.39, 0.29) is 23.4 Å². The average molecular weight is 563 g/mol. The highest BCUT2D eigenvalue weighted by atomic mass is 16.5. The van der Waals surface area contributed by atoms with Gasteiger partial charge in [0.05, 0.1) is 29.5 Å². The lowest BCUT2D eigenvalue weighted by atomic mass is 10.00. The van der Waals surface area contributed by atoms with E-state index in [9.17, 15) is 14.7 Å². The van der Waals surface area contributed by atoms with Gasteiger partial charge in [0.25, 0.3) is 5.91 Å². The van der Waals surface area contributed by atoms with Crippen LogP contribution in [0.5, 0.6) is 11.5 Å². The monoisotopic (exact) mass is 562 g/mol. The molecule has 0 bridgehead atoms. The maximum Gasteiger partial charge on any atom is 0.342 e. The van der Waals surface area contributed by atoms with Crippen LogP contribution in [0.15, 0.2) is 72.8 Å². The molecule has 0 saturated heterocycles. The number of primary amides is 1. The van der Waals surface area contributed by atoms with Crippen molar-refractivity contribution >= 4 is 23.0 Å². The number of nitrogens with two attached hydrogens (primary N) is 1. The molecule has 4 N–H and O–H groups in total. The molecule has 2 heterocycles. The topological polar surface area (TPSA) is 145 Å². The minimum Gasteiger partial charge on any atom is -0.507 e. The molecule has 0 aliphatic heterocycles. The zero-order chi connectivity index (χ0) is 29.2. The third kappa shape index (κ3) is 5.26. The van der Waals surface area contributed by atoms with Gasteiger partial charge >= 0.3 is 6.03 Å². The summed E-state index contributed by atoms with van der Waals surface area (Å²) < 4.78 is 6.62. The zero-order valence-corrected chi connectivity index (χ0v) is 23.1. The standard InChI is InChI=1S/C32H30N6O4/c1-42-22-13-10-19(11-14-22)18-34-32(41)38-27(20-6-2-3-7-20)17-26(37-38)23-16-21(12-15-28(23)39)29-30(31(33)40)36-25-9-5-4-8-24(25)35-29/h4-5,8-17,20,39H,2-3,6-7,18H2,1H3,(H2,33,40)(H,34,41). The number of carbonyl (C=O) groups excluding carboxylic acids is 2. The predicted octanol–water partition coefficient (Wildman–Crippen LogP) is 5.39. The molecule has 2 aromatic heterocycles. The van der Waals surface area contributed by atoms with Crippen LogP contribution in [0, 0.1) is 0 Å². The molecule has 212 valence electrons. The van der Waals surface area contributed by atoms with Gasteiger partial charge in [0, 0.05) is 23.6 Å². The summed E-state index contributed by atoms with van der Waals surface area (Å²) in [6, 6.07) is 21.1. The number of hydrogen-bond donors (Lipinski definition) is 3. The molecule has 6 rings (SSSR count). The van der Waals surface area contributed by atoms with E-state index in [1.54, 1.807) is 31.4 Å². The van der Waals surface area contributed by atoms with Crippen molar-refractivity contribution in [3.05, 3.63) is 89.7 Å². The number of para-hydroxylation sites is 2. The van der Waals surface area contributed by atoms with Crippen LogP contribution in [0.2, 0.25) is 0 Å². The van der Waals surface area contributed by atoms with Crippen LogP contribution in [0.3, 0.4) is 0 Å². The molecule has 1 fully saturated rings. The van der Waals surface area contributed by atoms with Crippen LogP contribution in [0.1, 0.15) is 53.3 Å². The first kappa shape index (κ1) is 26.9. The molecular formula is C32H30N6O4. The van der Waals surface area contributed by atoms with E-state index in [2.05, 4.69) is 20.4 Å².